The fourth-order valence-corrected chi connectivity index (χ4v) is 1.64. The van der Waals surface area contributed by atoms with Gasteiger partial charge in [0.2, 0.25) is 5.91 Å². The number of nitrogens with one attached hydrogen (secondary N) is 1. The van der Waals surface area contributed by atoms with Crippen LogP contribution in [0.1, 0.15) is 38.1 Å². The minimum Gasteiger partial charge on any atom is -0.345 e. The summed E-state index contributed by atoms with van der Waals surface area (Å²) in [5.74, 6) is -0.159. The SMILES string of the molecule is CC(C)C(=O)NC(C(=O)c1ccccc1)C(C)C. The first-order chi connectivity index (χ1) is 8.43. The van der Waals surface area contributed by atoms with Gasteiger partial charge in [-0.15, -0.1) is 0 Å². The first-order valence-electron chi connectivity index (χ1n) is 6.33. The molecule has 1 aromatic rings. The number of hydrogen-bond donors (Lipinski definition) is 1. The summed E-state index contributed by atoms with van der Waals surface area (Å²) in [4.78, 5) is 24.1. The number of benzene rings is 1. The standard InChI is InChI=1S/C15H21NO2/c1-10(2)13(16-15(18)11(3)4)14(17)12-8-6-5-7-9-12/h5-11,13H,1-4H3,(H,16,18). The second-order valence-corrected chi connectivity index (χ2v) is 5.12. The molecule has 3 nitrogen and oxygen atoms in total. The molecule has 18 heavy (non-hydrogen) atoms. The Hall–Kier alpha value is -1.64. The Morgan fingerprint density at radius 3 is 2.00 bits per heavy atom. The van der Waals surface area contributed by atoms with Crippen molar-refractivity contribution in [2.75, 3.05) is 0 Å². The third-order valence-corrected chi connectivity index (χ3v) is 2.83. The molecule has 0 aliphatic rings. The minimum absolute atomic E-state index is 0.0281. The number of rotatable bonds is 5. The van der Waals surface area contributed by atoms with Gasteiger partial charge in [0.05, 0.1) is 6.04 Å². The van der Waals surface area contributed by atoms with Crippen LogP contribution in [0.2, 0.25) is 0 Å². The monoisotopic (exact) mass is 247 g/mol. The Bertz CT molecular complexity index is 410. The maximum absolute atomic E-state index is 12.3. The van der Waals surface area contributed by atoms with Gasteiger partial charge in [-0.05, 0) is 5.92 Å². The van der Waals surface area contributed by atoms with E-state index >= 15 is 0 Å². The van der Waals surface area contributed by atoms with Crippen LogP contribution in [0.15, 0.2) is 30.3 Å². The van der Waals surface area contributed by atoms with Gasteiger partial charge >= 0.3 is 0 Å². The molecule has 0 fully saturated rings. The highest BCUT2D eigenvalue weighted by Crippen LogP contribution is 2.11. The number of carbonyl (C=O) groups excluding carboxylic acids is 2. The summed E-state index contributed by atoms with van der Waals surface area (Å²) in [6, 6.07) is 8.62. The largest absolute Gasteiger partial charge is 0.345 e. The van der Waals surface area contributed by atoms with Gasteiger partial charge < -0.3 is 5.32 Å². The second kappa shape index (κ2) is 6.34. The van der Waals surface area contributed by atoms with E-state index < -0.39 is 6.04 Å². The second-order valence-electron chi connectivity index (χ2n) is 5.12. The lowest BCUT2D eigenvalue weighted by atomic mass is 9.94. The lowest BCUT2D eigenvalue weighted by molar-refractivity contribution is -0.124. The van der Waals surface area contributed by atoms with E-state index in [1.807, 2.05) is 45.9 Å². The van der Waals surface area contributed by atoms with Crippen molar-refractivity contribution in [3.8, 4) is 0 Å². The molecular weight excluding hydrogens is 226 g/mol. The van der Waals surface area contributed by atoms with E-state index in [4.69, 9.17) is 0 Å². The van der Waals surface area contributed by atoms with Crippen LogP contribution in [0, 0.1) is 11.8 Å². The van der Waals surface area contributed by atoms with E-state index in [-0.39, 0.29) is 23.5 Å². The van der Waals surface area contributed by atoms with Gasteiger partial charge in [-0.2, -0.15) is 0 Å². The molecule has 3 heteroatoms. The highest BCUT2D eigenvalue weighted by atomic mass is 16.2. The molecular formula is C15H21NO2. The summed E-state index contributed by atoms with van der Waals surface area (Å²) in [6.45, 7) is 7.51. The van der Waals surface area contributed by atoms with E-state index in [0.29, 0.717) is 5.56 Å². The molecule has 0 aliphatic heterocycles. The van der Waals surface area contributed by atoms with Gasteiger partial charge in [0.25, 0.3) is 0 Å². The molecule has 1 atom stereocenters. The average Bonchev–Trinajstić information content (AvgIpc) is 2.35. The third-order valence-electron chi connectivity index (χ3n) is 2.83. The van der Waals surface area contributed by atoms with Crippen molar-refractivity contribution < 1.29 is 9.59 Å². The molecule has 0 aromatic heterocycles. The van der Waals surface area contributed by atoms with Crippen LogP contribution in [0.5, 0.6) is 0 Å². The Morgan fingerprint density at radius 1 is 1.00 bits per heavy atom. The first kappa shape index (κ1) is 14.4. The number of amides is 1. The average molecular weight is 247 g/mol. The quantitative estimate of drug-likeness (QED) is 0.813. The smallest absolute Gasteiger partial charge is 0.223 e. The van der Waals surface area contributed by atoms with Crippen LogP contribution in [-0.4, -0.2) is 17.7 Å². The summed E-state index contributed by atoms with van der Waals surface area (Å²) in [5, 5.41) is 2.83. The summed E-state index contributed by atoms with van der Waals surface area (Å²) < 4.78 is 0. The molecule has 1 unspecified atom stereocenters. The normalized spacial score (nSPS) is 12.6. The van der Waals surface area contributed by atoms with Gasteiger partial charge in [-0.1, -0.05) is 58.0 Å². The van der Waals surface area contributed by atoms with Gasteiger partial charge in [-0.3, -0.25) is 9.59 Å². The lowest BCUT2D eigenvalue weighted by Gasteiger charge is -2.22. The maximum Gasteiger partial charge on any atom is 0.223 e. The molecule has 1 rings (SSSR count). The molecule has 0 heterocycles. The molecule has 1 amide bonds. The maximum atomic E-state index is 12.3. The van der Waals surface area contributed by atoms with Crippen molar-refractivity contribution in [2.45, 2.75) is 33.7 Å². The van der Waals surface area contributed by atoms with Crippen LogP contribution in [0.25, 0.3) is 0 Å². The summed E-state index contributed by atoms with van der Waals surface area (Å²) in [6.07, 6.45) is 0. The van der Waals surface area contributed by atoms with Crippen LogP contribution in [0.4, 0.5) is 0 Å². The van der Waals surface area contributed by atoms with Crippen LogP contribution >= 0.6 is 0 Å². The van der Waals surface area contributed by atoms with Crippen molar-refractivity contribution >= 4 is 11.7 Å². The lowest BCUT2D eigenvalue weighted by Crippen LogP contribution is -2.45. The molecule has 1 aromatic carbocycles. The van der Waals surface area contributed by atoms with E-state index in [1.165, 1.54) is 0 Å². The first-order valence-corrected chi connectivity index (χ1v) is 6.33. The molecule has 0 saturated carbocycles. The fraction of sp³-hybridized carbons (Fsp3) is 0.467. The van der Waals surface area contributed by atoms with Crippen LogP contribution in [0.3, 0.4) is 0 Å². The summed E-state index contributed by atoms with van der Waals surface area (Å²) in [7, 11) is 0. The Kier molecular flexibility index (Phi) is 5.08. The van der Waals surface area contributed by atoms with Crippen molar-refractivity contribution in [3.05, 3.63) is 35.9 Å². The fourth-order valence-electron chi connectivity index (χ4n) is 1.64. The van der Waals surface area contributed by atoms with E-state index in [0.717, 1.165) is 0 Å². The van der Waals surface area contributed by atoms with Gasteiger partial charge in [0.15, 0.2) is 5.78 Å². The zero-order chi connectivity index (χ0) is 13.7. The summed E-state index contributed by atoms with van der Waals surface area (Å²) in [5.41, 5.74) is 0.639. The molecule has 0 radical (unpaired) electrons. The molecule has 0 bridgehead atoms. The highest BCUT2D eigenvalue weighted by Gasteiger charge is 2.25. The predicted octanol–water partition coefficient (Wildman–Crippen LogP) is 2.67. The Labute approximate surface area is 109 Å². The molecule has 0 saturated heterocycles. The van der Waals surface area contributed by atoms with Crippen LogP contribution < -0.4 is 5.32 Å². The van der Waals surface area contributed by atoms with E-state index in [2.05, 4.69) is 5.32 Å². The third kappa shape index (κ3) is 3.69. The number of hydrogen-bond acceptors (Lipinski definition) is 2. The highest BCUT2D eigenvalue weighted by molar-refractivity contribution is 6.02. The zero-order valence-corrected chi connectivity index (χ0v) is 11.4. The predicted molar refractivity (Wildman–Crippen MR) is 72.4 cm³/mol. The van der Waals surface area contributed by atoms with Gasteiger partial charge in [-0.25, -0.2) is 0 Å². The zero-order valence-electron chi connectivity index (χ0n) is 11.4. The number of carbonyl (C=O) groups is 2. The van der Waals surface area contributed by atoms with Crippen molar-refractivity contribution in [3.63, 3.8) is 0 Å². The Morgan fingerprint density at radius 2 is 1.56 bits per heavy atom. The number of Topliss-reactive ketones (excluding diaryl/α,β-unsaturated/α-hetero) is 1. The molecule has 0 aliphatic carbocycles. The summed E-state index contributed by atoms with van der Waals surface area (Å²) >= 11 is 0. The minimum atomic E-state index is -0.456. The van der Waals surface area contributed by atoms with E-state index in [1.54, 1.807) is 12.1 Å². The Balaban J connectivity index is 2.86. The van der Waals surface area contributed by atoms with Crippen LogP contribution in [-0.2, 0) is 4.79 Å². The van der Waals surface area contributed by atoms with Crippen molar-refractivity contribution in [2.24, 2.45) is 11.8 Å². The topological polar surface area (TPSA) is 46.2 Å². The van der Waals surface area contributed by atoms with Crippen molar-refractivity contribution in [1.29, 1.82) is 0 Å². The molecule has 1 N–H and O–H groups in total. The van der Waals surface area contributed by atoms with Gasteiger partial charge in [0, 0.05) is 11.5 Å². The van der Waals surface area contributed by atoms with E-state index in [9.17, 15) is 9.59 Å². The van der Waals surface area contributed by atoms with Crippen molar-refractivity contribution in [1.82, 2.24) is 5.32 Å². The molecule has 98 valence electrons. The molecule has 0 spiro atoms. The van der Waals surface area contributed by atoms with Gasteiger partial charge in [0.1, 0.15) is 0 Å². The number of ketones is 1.